The molecule has 3 aromatic rings. The van der Waals surface area contributed by atoms with Crippen LogP contribution in [0.2, 0.25) is 0 Å². The van der Waals surface area contributed by atoms with E-state index >= 15 is 0 Å². The maximum absolute atomic E-state index is 12.5. The maximum atomic E-state index is 12.5. The van der Waals surface area contributed by atoms with Gasteiger partial charge in [0.15, 0.2) is 0 Å². The van der Waals surface area contributed by atoms with Crippen molar-refractivity contribution < 1.29 is 14.3 Å². The lowest BCUT2D eigenvalue weighted by Crippen LogP contribution is -2.50. The summed E-state index contributed by atoms with van der Waals surface area (Å²) in [6.07, 6.45) is 5.19. The summed E-state index contributed by atoms with van der Waals surface area (Å²) in [5.41, 5.74) is 2.84. The first-order valence-corrected chi connectivity index (χ1v) is 11.6. The second-order valence-electron chi connectivity index (χ2n) is 8.24. The third-order valence-electron chi connectivity index (χ3n) is 6.08. The standard InChI is InChI=1S/C26H30N6O3/c1-35-23-9-7-22(8-10-23)31-13-15-32(16-14-31)24(20-5-4-11-27-17-20)19-30-26(34)25(33)29-18-21-6-2-3-12-28-21/h2-12,17,24H,13-16,18-19H2,1H3,(H,29,33)(H,30,34)/t24-/m1/s1. The average Bonchev–Trinajstić information content (AvgIpc) is 2.93. The zero-order valence-corrected chi connectivity index (χ0v) is 19.8. The minimum Gasteiger partial charge on any atom is -0.497 e. The molecule has 1 saturated heterocycles. The number of nitrogens with zero attached hydrogens (tertiary/aromatic N) is 4. The summed E-state index contributed by atoms with van der Waals surface area (Å²) in [5, 5.41) is 5.42. The number of amides is 2. The topological polar surface area (TPSA) is 99.7 Å². The molecule has 0 saturated carbocycles. The van der Waals surface area contributed by atoms with E-state index in [1.54, 1.807) is 31.6 Å². The smallest absolute Gasteiger partial charge is 0.309 e. The number of piperazine rings is 1. The molecule has 9 nitrogen and oxygen atoms in total. The Hall–Kier alpha value is -3.98. The van der Waals surface area contributed by atoms with Crippen molar-refractivity contribution >= 4 is 17.5 Å². The number of nitrogens with one attached hydrogen (secondary N) is 2. The van der Waals surface area contributed by atoms with Gasteiger partial charge in [-0.05, 0) is 48.0 Å². The highest BCUT2D eigenvalue weighted by molar-refractivity contribution is 6.35. The van der Waals surface area contributed by atoms with E-state index in [1.165, 1.54) is 0 Å². The number of carbonyl (C=O) groups excluding carboxylic acids is 2. The van der Waals surface area contributed by atoms with Crippen molar-refractivity contribution in [3.8, 4) is 5.75 Å². The number of rotatable bonds is 8. The van der Waals surface area contributed by atoms with Gasteiger partial charge in [0.1, 0.15) is 5.75 Å². The lowest BCUT2D eigenvalue weighted by molar-refractivity contribution is -0.139. The summed E-state index contributed by atoms with van der Waals surface area (Å²) >= 11 is 0. The van der Waals surface area contributed by atoms with Crippen molar-refractivity contribution in [2.75, 3.05) is 44.7 Å². The molecule has 182 valence electrons. The molecular formula is C26H30N6O3. The molecule has 1 aliphatic rings. The van der Waals surface area contributed by atoms with Gasteiger partial charge in [-0.3, -0.25) is 24.5 Å². The molecule has 4 rings (SSSR count). The molecule has 2 N–H and O–H groups in total. The number of ether oxygens (including phenoxy) is 1. The molecule has 2 aromatic heterocycles. The Morgan fingerprint density at radius 3 is 2.37 bits per heavy atom. The van der Waals surface area contributed by atoms with Crippen LogP contribution < -0.4 is 20.3 Å². The van der Waals surface area contributed by atoms with Gasteiger partial charge >= 0.3 is 11.8 Å². The molecule has 3 heterocycles. The van der Waals surface area contributed by atoms with Crippen LogP contribution in [0.25, 0.3) is 0 Å². The van der Waals surface area contributed by atoms with E-state index in [9.17, 15) is 9.59 Å². The van der Waals surface area contributed by atoms with Crippen LogP contribution in [0.4, 0.5) is 5.69 Å². The number of pyridine rings is 2. The van der Waals surface area contributed by atoms with Gasteiger partial charge in [-0.15, -0.1) is 0 Å². The first-order chi connectivity index (χ1) is 17.1. The normalized spacial score (nSPS) is 14.7. The van der Waals surface area contributed by atoms with E-state index in [2.05, 4.69) is 42.5 Å². The van der Waals surface area contributed by atoms with Crippen molar-refractivity contribution in [2.45, 2.75) is 12.6 Å². The van der Waals surface area contributed by atoms with E-state index in [0.29, 0.717) is 12.2 Å². The Morgan fingerprint density at radius 2 is 1.71 bits per heavy atom. The number of anilines is 1. The molecule has 0 bridgehead atoms. The Kier molecular flexibility index (Phi) is 8.24. The van der Waals surface area contributed by atoms with Gasteiger partial charge in [-0.25, -0.2) is 0 Å². The van der Waals surface area contributed by atoms with Crippen LogP contribution in [0, 0.1) is 0 Å². The Balaban J connectivity index is 1.34. The van der Waals surface area contributed by atoms with E-state index < -0.39 is 11.8 Å². The van der Waals surface area contributed by atoms with E-state index in [4.69, 9.17) is 4.74 Å². The van der Waals surface area contributed by atoms with Crippen LogP contribution in [-0.4, -0.2) is 66.5 Å². The Morgan fingerprint density at radius 1 is 0.943 bits per heavy atom. The fourth-order valence-corrected chi connectivity index (χ4v) is 4.14. The molecule has 0 aliphatic carbocycles. The van der Waals surface area contributed by atoms with Crippen molar-refractivity contribution in [3.05, 3.63) is 84.4 Å². The molecule has 1 atom stereocenters. The monoisotopic (exact) mass is 474 g/mol. The van der Waals surface area contributed by atoms with Crippen LogP contribution in [0.1, 0.15) is 17.3 Å². The molecule has 0 radical (unpaired) electrons. The molecule has 0 unspecified atom stereocenters. The van der Waals surface area contributed by atoms with Crippen LogP contribution in [0.15, 0.2) is 73.2 Å². The number of carbonyl (C=O) groups is 2. The molecule has 1 aromatic carbocycles. The Bertz CT molecular complexity index is 1090. The highest BCUT2D eigenvalue weighted by Crippen LogP contribution is 2.25. The van der Waals surface area contributed by atoms with Crippen molar-refractivity contribution in [1.29, 1.82) is 0 Å². The zero-order chi connectivity index (χ0) is 24.5. The third kappa shape index (κ3) is 6.54. The quantitative estimate of drug-likeness (QED) is 0.480. The maximum Gasteiger partial charge on any atom is 0.309 e. The fourth-order valence-electron chi connectivity index (χ4n) is 4.14. The summed E-state index contributed by atoms with van der Waals surface area (Å²) in [6, 6.07) is 17.3. The molecule has 2 amide bonds. The van der Waals surface area contributed by atoms with Crippen molar-refractivity contribution in [1.82, 2.24) is 25.5 Å². The number of hydrogen-bond donors (Lipinski definition) is 2. The van der Waals surface area contributed by atoms with Crippen LogP contribution in [0.3, 0.4) is 0 Å². The summed E-state index contributed by atoms with van der Waals surface area (Å²) in [4.78, 5) is 37.8. The van der Waals surface area contributed by atoms with Gasteiger partial charge in [0.2, 0.25) is 0 Å². The van der Waals surface area contributed by atoms with Gasteiger partial charge < -0.3 is 20.3 Å². The predicted octanol–water partition coefficient (Wildman–Crippen LogP) is 1.78. The number of methoxy groups -OCH3 is 1. The van der Waals surface area contributed by atoms with Crippen LogP contribution in [-0.2, 0) is 16.1 Å². The van der Waals surface area contributed by atoms with Gasteiger partial charge in [0, 0.05) is 57.0 Å². The summed E-state index contributed by atoms with van der Waals surface area (Å²) in [5.74, 6) is -0.500. The molecular weight excluding hydrogens is 444 g/mol. The van der Waals surface area contributed by atoms with Gasteiger partial charge in [0.05, 0.1) is 25.4 Å². The first-order valence-electron chi connectivity index (χ1n) is 11.6. The van der Waals surface area contributed by atoms with Crippen molar-refractivity contribution in [2.24, 2.45) is 0 Å². The van der Waals surface area contributed by atoms with Crippen LogP contribution >= 0.6 is 0 Å². The minimum atomic E-state index is -0.676. The third-order valence-corrected chi connectivity index (χ3v) is 6.08. The minimum absolute atomic E-state index is 0.0887. The van der Waals surface area contributed by atoms with Gasteiger partial charge in [-0.2, -0.15) is 0 Å². The zero-order valence-electron chi connectivity index (χ0n) is 19.8. The number of hydrogen-bond acceptors (Lipinski definition) is 7. The highest BCUT2D eigenvalue weighted by Gasteiger charge is 2.27. The SMILES string of the molecule is COc1ccc(N2CCN([C@H](CNC(=O)C(=O)NCc3ccccn3)c3cccnc3)CC2)cc1. The van der Waals surface area contributed by atoms with E-state index in [0.717, 1.165) is 43.2 Å². The molecule has 9 heteroatoms. The predicted molar refractivity (Wildman–Crippen MR) is 133 cm³/mol. The first kappa shape index (κ1) is 24.2. The van der Waals surface area contributed by atoms with E-state index in [-0.39, 0.29) is 12.6 Å². The van der Waals surface area contributed by atoms with Gasteiger partial charge in [-0.1, -0.05) is 12.1 Å². The number of aromatic nitrogens is 2. The second-order valence-corrected chi connectivity index (χ2v) is 8.24. The van der Waals surface area contributed by atoms with Crippen LogP contribution in [0.5, 0.6) is 5.75 Å². The Labute approximate surface area is 205 Å². The molecule has 35 heavy (non-hydrogen) atoms. The average molecular weight is 475 g/mol. The second kappa shape index (κ2) is 11.9. The highest BCUT2D eigenvalue weighted by atomic mass is 16.5. The number of benzene rings is 1. The molecule has 1 fully saturated rings. The molecule has 0 spiro atoms. The molecule has 1 aliphatic heterocycles. The largest absolute Gasteiger partial charge is 0.497 e. The fraction of sp³-hybridized carbons (Fsp3) is 0.308. The lowest BCUT2D eigenvalue weighted by Gasteiger charge is -2.40. The summed E-state index contributed by atoms with van der Waals surface area (Å²) < 4.78 is 5.26. The van der Waals surface area contributed by atoms with E-state index in [1.807, 2.05) is 36.5 Å². The van der Waals surface area contributed by atoms with Crippen molar-refractivity contribution in [3.63, 3.8) is 0 Å². The lowest BCUT2D eigenvalue weighted by atomic mass is 10.1. The summed E-state index contributed by atoms with van der Waals surface area (Å²) in [6.45, 7) is 3.83. The van der Waals surface area contributed by atoms with Gasteiger partial charge in [0.25, 0.3) is 0 Å². The summed E-state index contributed by atoms with van der Waals surface area (Å²) in [7, 11) is 1.66.